The van der Waals surface area contributed by atoms with E-state index in [1.165, 1.54) is 16.9 Å². The molecular formula is C25H29N5O2S. The van der Waals surface area contributed by atoms with E-state index in [9.17, 15) is 9.59 Å². The van der Waals surface area contributed by atoms with Crippen molar-refractivity contribution in [3.63, 3.8) is 0 Å². The number of carbonyl (C=O) groups is 2. The Bertz CT molecular complexity index is 1100. The number of thiazole rings is 1. The highest BCUT2D eigenvalue weighted by molar-refractivity contribution is 7.15. The predicted octanol–water partition coefficient (Wildman–Crippen LogP) is 3.02. The van der Waals surface area contributed by atoms with Gasteiger partial charge in [-0.05, 0) is 30.3 Å². The van der Waals surface area contributed by atoms with Gasteiger partial charge in [-0.15, -0.1) is 11.3 Å². The number of hydrogen-bond donors (Lipinski definition) is 2. The Morgan fingerprint density at radius 2 is 1.94 bits per heavy atom. The zero-order valence-electron chi connectivity index (χ0n) is 19.0. The smallest absolute Gasteiger partial charge is 0.251 e. The molecule has 1 saturated heterocycles. The molecule has 1 atom stereocenters. The highest BCUT2D eigenvalue weighted by atomic mass is 32.1. The van der Waals surface area contributed by atoms with Crippen LogP contribution in [0.1, 0.15) is 32.4 Å². The number of rotatable bonds is 7. The minimum atomic E-state index is -0.0957. The van der Waals surface area contributed by atoms with E-state index in [0.29, 0.717) is 17.2 Å². The first-order chi connectivity index (χ1) is 16.0. The van der Waals surface area contributed by atoms with Gasteiger partial charge in [0.25, 0.3) is 5.91 Å². The van der Waals surface area contributed by atoms with Crippen LogP contribution in [0.5, 0.6) is 0 Å². The van der Waals surface area contributed by atoms with Crippen molar-refractivity contribution in [1.82, 2.24) is 20.1 Å². The summed E-state index contributed by atoms with van der Waals surface area (Å²) in [5.74, 6) is -0.153. The number of anilines is 1. The number of aromatic nitrogens is 1. The lowest BCUT2D eigenvalue weighted by Crippen LogP contribution is -2.48. The van der Waals surface area contributed by atoms with Gasteiger partial charge in [0.05, 0.1) is 6.54 Å². The van der Waals surface area contributed by atoms with E-state index in [2.05, 4.69) is 44.6 Å². The molecule has 0 unspecified atom stereocenters. The van der Waals surface area contributed by atoms with Gasteiger partial charge in [0.15, 0.2) is 5.13 Å². The van der Waals surface area contributed by atoms with Gasteiger partial charge >= 0.3 is 0 Å². The SMILES string of the molecule is CNC(=O)c1cccc([C@@H]2CN(CC(=O)Nc3ncc(Cc4ccccc4)s3)CCN2C)c1. The first-order valence-electron chi connectivity index (χ1n) is 11.0. The molecule has 4 rings (SSSR count). The van der Waals surface area contributed by atoms with E-state index in [1.807, 2.05) is 48.7 Å². The molecule has 0 aliphatic carbocycles. The van der Waals surface area contributed by atoms with Gasteiger partial charge in [-0.2, -0.15) is 0 Å². The normalized spacial score (nSPS) is 17.0. The van der Waals surface area contributed by atoms with Crippen LogP contribution in [0.15, 0.2) is 60.8 Å². The zero-order valence-corrected chi connectivity index (χ0v) is 19.8. The number of piperazine rings is 1. The molecule has 172 valence electrons. The van der Waals surface area contributed by atoms with Crippen LogP contribution in [0.2, 0.25) is 0 Å². The van der Waals surface area contributed by atoms with E-state index in [4.69, 9.17) is 0 Å². The van der Waals surface area contributed by atoms with Crippen molar-refractivity contribution in [1.29, 1.82) is 0 Å². The highest BCUT2D eigenvalue weighted by Crippen LogP contribution is 2.25. The molecular weight excluding hydrogens is 434 g/mol. The van der Waals surface area contributed by atoms with Gasteiger partial charge in [0.1, 0.15) is 0 Å². The maximum Gasteiger partial charge on any atom is 0.251 e. The fourth-order valence-electron chi connectivity index (χ4n) is 4.07. The van der Waals surface area contributed by atoms with E-state index >= 15 is 0 Å². The van der Waals surface area contributed by atoms with Crippen LogP contribution in [0, 0.1) is 0 Å². The summed E-state index contributed by atoms with van der Waals surface area (Å²) >= 11 is 1.51. The lowest BCUT2D eigenvalue weighted by atomic mass is 10.00. The Morgan fingerprint density at radius 3 is 2.73 bits per heavy atom. The topological polar surface area (TPSA) is 77.6 Å². The van der Waals surface area contributed by atoms with Crippen molar-refractivity contribution in [2.24, 2.45) is 0 Å². The monoisotopic (exact) mass is 463 g/mol. The summed E-state index contributed by atoms with van der Waals surface area (Å²) in [5.41, 5.74) is 2.95. The summed E-state index contributed by atoms with van der Waals surface area (Å²) in [6.45, 7) is 2.69. The van der Waals surface area contributed by atoms with Crippen molar-refractivity contribution in [3.05, 3.63) is 82.4 Å². The van der Waals surface area contributed by atoms with Crippen LogP contribution in [0.25, 0.3) is 0 Å². The number of carbonyl (C=O) groups excluding carboxylic acids is 2. The predicted molar refractivity (Wildman–Crippen MR) is 132 cm³/mol. The van der Waals surface area contributed by atoms with Crippen molar-refractivity contribution < 1.29 is 9.59 Å². The minimum Gasteiger partial charge on any atom is -0.355 e. The standard InChI is InChI=1S/C25H29N5O2S/c1-26-24(32)20-10-6-9-19(14-20)22-16-30(12-11-29(22)2)17-23(31)28-25-27-15-21(33-25)13-18-7-4-3-5-8-18/h3-10,14-15,22H,11-13,16-17H2,1-2H3,(H,26,32)(H,27,28,31)/t22-/m0/s1. The second-order valence-electron chi connectivity index (χ2n) is 8.28. The third-order valence-electron chi connectivity index (χ3n) is 5.88. The number of nitrogens with zero attached hydrogens (tertiary/aromatic N) is 3. The molecule has 7 nitrogen and oxygen atoms in total. The highest BCUT2D eigenvalue weighted by Gasteiger charge is 2.27. The third kappa shape index (κ3) is 6.04. The Balaban J connectivity index is 1.34. The first-order valence-corrected chi connectivity index (χ1v) is 11.9. The average Bonchev–Trinajstić information content (AvgIpc) is 3.26. The summed E-state index contributed by atoms with van der Waals surface area (Å²) in [5, 5.41) is 6.26. The second-order valence-corrected chi connectivity index (χ2v) is 9.39. The molecule has 1 aliphatic heterocycles. The van der Waals surface area contributed by atoms with Crippen LogP contribution >= 0.6 is 11.3 Å². The summed E-state index contributed by atoms with van der Waals surface area (Å²) in [4.78, 5) is 34.7. The third-order valence-corrected chi connectivity index (χ3v) is 6.79. The number of hydrogen-bond acceptors (Lipinski definition) is 6. The molecule has 2 N–H and O–H groups in total. The molecule has 1 fully saturated rings. The van der Waals surface area contributed by atoms with Crippen molar-refractivity contribution in [2.45, 2.75) is 12.5 Å². The van der Waals surface area contributed by atoms with E-state index < -0.39 is 0 Å². The molecule has 33 heavy (non-hydrogen) atoms. The van der Waals surface area contributed by atoms with Gasteiger partial charge in [0.2, 0.25) is 5.91 Å². The zero-order chi connectivity index (χ0) is 23.2. The average molecular weight is 464 g/mol. The van der Waals surface area contributed by atoms with Crippen LogP contribution in [0.3, 0.4) is 0 Å². The lowest BCUT2D eigenvalue weighted by molar-refractivity contribution is -0.118. The number of benzene rings is 2. The van der Waals surface area contributed by atoms with Crippen LogP contribution in [-0.2, 0) is 11.2 Å². The molecule has 0 saturated carbocycles. The van der Waals surface area contributed by atoms with Crippen LogP contribution in [-0.4, -0.2) is 66.9 Å². The second kappa shape index (κ2) is 10.7. The van der Waals surface area contributed by atoms with Crippen LogP contribution in [0.4, 0.5) is 5.13 Å². The number of amides is 2. The summed E-state index contributed by atoms with van der Waals surface area (Å²) in [7, 11) is 3.72. The summed E-state index contributed by atoms with van der Waals surface area (Å²) in [6, 6.07) is 18.1. The molecule has 1 aliphatic rings. The molecule has 0 radical (unpaired) electrons. The Kier molecular flexibility index (Phi) is 7.49. The quantitative estimate of drug-likeness (QED) is 0.563. The van der Waals surface area contributed by atoms with E-state index in [0.717, 1.165) is 36.5 Å². The van der Waals surface area contributed by atoms with Crippen molar-refractivity contribution >= 4 is 28.3 Å². The largest absolute Gasteiger partial charge is 0.355 e. The van der Waals surface area contributed by atoms with Gasteiger partial charge < -0.3 is 10.6 Å². The number of likely N-dealkylation sites (N-methyl/N-ethyl adjacent to an activating group) is 1. The Labute approximate surface area is 198 Å². The van der Waals surface area contributed by atoms with Gasteiger partial charge in [-0.3, -0.25) is 19.4 Å². The first kappa shape index (κ1) is 23.1. The lowest BCUT2D eigenvalue weighted by Gasteiger charge is -2.39. The Hall–Kier alpha value is -3.07. The molecule has 1 aromatic heterocycles. The molecule has 0 spiro atoms. The summed E-state index contributed by atoms with van der Waals surface area (Å²) < 4.78 is 0. The minimum absolute atomic E-state index is 0.0574. The van der Waals surface area contributed by atoms with E-state index in [-0.39, 0.29) is 17.9 Å². The van der Waals surface area contributed by atoms with Gasteiger partial charge in [-0.25, -0.2) is 4.98 Å². The van der Waals surface area contributed by atoms with Crippen molar-refractivity contribution in [3.8, 4) is 0 Å². The molecule has 2 aromatic carbocycles. The maximum absolute atomic E-state index is 12.7. The Morgan fingerprint density at radius 1 is 1.12 bits per heavy atom. The summed E-state index contributed by atoms with van der Waals surface area (Å²) in [6.07, 6.45) is 2.64. The molecule has 3 aromatic rings. The fourth-order valence-corrected chi connectivity index (χ4v) is 4.93. The number of nitrogens with one attached hydrogen (secondary N) is 2. The van der Waals surface area contributed by atoms with E-state index in [1.54, 1.807) is 7.05 Å². The fraction of sp³-hybridized carbons (Fsp3) is 0.320. The maximum atomic E-state index is 12.7. The molecule has 0 bridgehead atoms. The van der Waals surface area contributed by atoms with Gasteiger partial charge in [-0.1, -0.05) is 42.5 Å². The van der Waals surface area contributed by atoms with Crippen LogP contribution < -0.4 is 10.6 Å². The molecule has 2 amide bonds. The van der Waals surface area contributed by atoms with Crippen molar-refractivity contribution in [2.75, 3.05) is 45.6 Å². The molecule has 2 heterocycles. The molecule has 8 heteroatoms. The van der Waals surface area contributed by atoms with Gasteiger partial charge in [0, 0.05) is 55.8 Å².